The topological polar surface area (TPSA) is 71.2 Å². The van der Waals surface area contributed by atoms with Gasteiger partial charge in [-0.15, -0.1) is 0 Å². The summed E-state index contributed by atoms with van der Waals surface area (Å²) in [7, 11) is 1.57. The molecule has 0 fully saturated rings. The smallest absolute Gasteiger partial charge is 0.416 e. The van der Waals surface area contributed by atoms with E-state index in [0.717, 1.165) is 11.6 Å². The molecule has 30 heavy (non-hydrogen) atoms. The van der Waals surface area contributed by atoms with E-state index in [9.17, 15) is 23.1 Å². The number of hydrogen-bond donors (Lipinski definition) is 1. The van der Waals surface area contributed by atoms with E-state index in [-0.39, 0.29) is 16.4 Å². The lowest BCUT2D eigenvalue weighted by Gasteiger charge is -2.27. The van der Waals surface area contributed by atoms with Gasteiger partial charge in [0.25, 0.3) is 0 Å². The number of ether oxygens (including phenoxy) is 1. The maximum atomic E-state index is 13.5. The molecule has 0 bridgehead atoms. The number of carboxylic acids is 1. The highest BCUT2D eigenvalue weighted by molar-refractivity contribution is 8.13. The van der Waals surface area contributed by atoms with E-state index in [0.29, 0.717) is 11.5 Å². The van der Waals surface area contributed by atoms with Crippen LogP contribution < -0.4 is 4.74 Å². The fourth-order valence-electron chi connectivity index (χ4n) is 3.19. The molecule has 0 saturated carbocycles. The molecule has 2 aromatic carbocycles. The second kappa shape index (κ2) is 8.91. The minimum Gasteiger partial charge on any atom is -0.497 e. The molecule has 2 unspecified atom stereocenters. The zero-order chi connectivity index (χ0) is 21.9. The molecule has 1 aliphatic heterocycles. The van der Waals surface area contributed by atoms with Gasteiger partial charge in [-0.2, -0.15) is 13.2 Å². The second-order valence-corrected chi connectivity index (χ2v) is 7.59. The number of aliphatic imine (C=N–C) groups is 2. The molecule has 0 spiro atoms. The van der Waals surface area contributed by atoms with Crippen LogP contribution in [0.5, 0.6) is 5.75 Å². The Kier molecular flexibility index (Phi) is 6.50. The summed E-state index contributed by atoms with van der Waals surface area (Å²) in [5, 5.41) is 9.88. The van der Waals surface area contributed by atoms with Gasteiger partial charge < -0.3 is 9.84 Å². The summed E-state index contributed by atoms with van der Waals surface area (Å²) in [5.74, 6) is -1.34. The van der Waals surface area contributed by atoms with Crippen molar-refractivity contribution in [1.29, 1.82) is 0 Å². The predicted molar refractivity (Wildman–Crippen MR) is 110 cm³/mol. The largest absolute Gasteiger partial charge is 0.497 e. The Labute approximate surface area is 175 Å². The Morgan fingerprint density at radius 2 is 1.83 bits per heavy atom. The molecule has 158 valence electrons. The summed E-state index contributed by atoms with van der Waals surface area (Å²) >= 11 is 1.24. The summed E-state index contributed by atoms with van der Waals surface area (Å²) in [6.45, 7) is 1.50. The van der Waals surface area contributed by atoms with Crippen molar-refractivity contribution in [3.05, 3.63) is 65.2 Å². The Hall–Kier alpha value is -2.81. The number of carbonyl (C=O) groups is 1. The lowest BCUT2D eigenvalue weighted by Crippen LogP contribution is -2.32. The van der Waals surface area contributed by atoms with Crippen LogP contribution in [0.4, 0.5) is 13.2 Å². The Morgan fingerprint density at radius 3 is 2.43 bits per heavy atom. The zero-order valence-electron chi connectivity index (χ0n) is 16.2. The lowest BCUT2D eigenvalue weighted by molar-refractivity contribution is -0.142. The maximum absolute atomic E-state index is 13.5. The van der Waals surface area contributed by atoms with Gasteiger partial charge in [-0.3, -0.25) is 9.79 Å². The van der Waals surface area contributed by atoms with Crippen LogP contribution in [-0.2, 0) is 16.7 Å². The lowest BCUT2D eigenvalue weighted by atomic mass is 9.86. The van der Waals surface area contributed by atoms with Crippen molar-refractivity contribution in [3.63, 3.8) is 0 Å². The van der Waals surface area contributed by atoms with Crippen LogP contribution in [-0.4, -0.2) is 29.1 Å². The number of thioether (sulfide) groups is 1. The quantitative estimate of drug-likeness (QED) is 0.698. The van der Waals surface area contributed by atoms with Crippen LogP contribution in [0.15, 0.2) is 58.5 Å². The van der Waals surface area contributed by atoms with Crippen LogP contribution in [0.3, 0.4) is 0 Å². The first kappa shape index (κ1) is 21.9. The van der Waals surface area contributed by atoms with E-state index >= 15 is 0 Å². The fraction of sp³-hybridized carbons (Fsp3) is 0.286. The highest BCUT2D eigenvalue weighted by Crippen LogP contribution is 2.40. The molecule has 3 rings (SSSR count). The molecule has 1 N–H and O–H groups in total. The number of rotatable bonds is 5. The van der Waals surface area contributed by atoms with Crippen molar-refractivity contribution in [3.8, 4) is 5.75 Å². The first-order valence-corrected chi connectivity index (χ1v) is 9.97. The van der Waals surface area contributed by atoms with Gasteiger partial charge in [0.1, 0.15) is 11.7 Å². The van der Waals surface area contributed by atoms with E-state index in [1.54, 1.807) is 19.2 Å². The number of aliphatic carboxylic acids is 1. The van der Waals surface area contributed by atoms with Gasteiger partial charge in [-0.25, -0.2) is 4.99 Å². The van der Waals surface area contributed by atoms with Crippen LogP contribution in [0, 0.1) is 5.92 Å². The highest BCUT2D eigenvalue weighted by Gasteiger charge is 2.41. The van der Waals surface area contributed by atoms with Gasteiger partial charge in [0.15, 0.2) is 5.17 Å². The number of methoxy groups -OCH3 is 1. The van der Waals surface area contributed by atoms with E-state index in [1.165, 1.54) is 36.9 Å². The third-order valence-corrected chi connectivity index (χ3v) is 5.60. The highest BCUT2D eigenvalue weighted by atomic mass is 32.2. The van der Waals surface area contributed by atoms with Gasteiger partial charge in [0, 0.05) is 11.5 Å². The van der Waals surface area contributed by atoms with Crippen molar-refractivity contribution in [1.82, 2.24) is 0 Å². The first-order chi connectivity index (χ1) is 14.2. The third kappa shape index (κ3) is 4.84. The monoisotopic (exact) mass is 436 g/mol. The summed E-state index contributed by atoms with van der Waals surface area (Å²) < 4.78 is 45.7. The first-order valence-electron chi connectivity index (χ1n) is 8.98. The Balaban J connectivity index is 1.93. The minimum atomic E-state index is -4.62. The van der Waals surface area contributed by atoms with Gasteiger partial charge in [0.05, 0.1) is 18.7 Å². The normalized spacial score (nSPS) is 19.1. The van der Waals surface area contributed by atoms with Crippen molar-refractivity contribution < 1.29 is 27.8 Å². The zero-order valence-corrected chi connectivity index (χ0v) is 17.0. The number of halogens is 3. The summed E-state index contributed by atoms with van der Waals surface area (Å²) in [5.41, 5.74) is 0.106. The van der Waals surface area contributed by atoms with Gasteiger partial charge in [-0.05, 0) is 36.2 Å². The Morgan fingerprint density at radius 1 is 1.17 bits per heavy atom. The molecular formula is C21H19F3N2O3S. The summed E-state index contributed by atoms with van der Waals surface area (Å²) in [6.07, 6.45) is -4.62. The Bertz CT molecular complexity index is 988. The summed E-state index contributed by atoms with van der Waals surface area (Å²) in [6, 6.07) is 11.1. The number of carboxylic acid groups (broad SMARTS) is 1. The molecule has 0 aromatic heterocycles. The van der Waals surface area contributed by atoms with Crippen molar-refractivity contribution in [2.45, 2.75) is 24.9 Å². The predicted octanol–water partition coefficient (Wildman–Crippen LogP) is 5.22. The molecule has 0 aliphatic carbocycles. The van der Waals surface area contributed by atoms with Gasteiger partial charge >= 0.3 is 12.1 Å². The maximum Gasteiger partial charge on any atom is 0.416 e. The number of amidine groups is 1. The molecule has 9 heteroatoms. The SMILES string of the molecule is COc1ccc(CSC2=NC(c3ccccc3C(F)(F)F)C(C(=O)O)C(C)=N2)cc1. The molecule has 5 nitrogen and oxygen atoms in total. The number of alkyl halides is 3. The molecule has 0 radical (unpaired) electrons. The standard InChI is InChI=1S/C21H19F3N2O3S/c1-12-17(19(27)28)18(15-5-3-4-6-16(15)21(22,23)24)26-20(25-12)30-11-13-7-9-14(29-2)10-8-13/h3-10,17-18H,11H2,1-2H3,(H,27,28). The molecule has 2 aromatic rings. The third-order valence-electron chi connectivity index (χ3n) is 4.67. The molecule has 0 amide bonds. The molecule has 2 atom stereocenters. The second-order valence-electron chi connectivity index (χ2n) is 6.65. The molecular weight excluding hydrogens is 417 g/mol. The molecule has 1 heterocycles. The van der Waals surface area contributed by atoms with E-state index in [1.807, 2.05) is 12.1 Å². The van der Waals surface area contributed by atoms with Crippen LogP contribution >= 0.6 is 11.8 Å². The molecule has 1 aliphatic rings. The van der Waals surface area contributed by atoms with Crippen LogP contribution in [0.1, 0.15) is 29.7 Å². The van der Waals surface area contributed by atoms with E-state index in [2.05, 4.69) is 9.98 Å². The van der Waals surface area contributed by atoms with Gasteiger partial charge in [-0.1, -0.05) is 42.1 Å². The van der Waals surface area contributed by atoms with Crippen molar-refractivity contribution in [2.24, 2.45) is 15.9 Å². The van der Waals surface area contributed by atoms with Crippen molar-refractivity contribution >= 4 is 28.6 Å². The number of benzene rings is 2. The van der Waals surface area contributed by atoms with Crippen LogP contribution in [0.2, 0.25) is 0 Å². The summed E-state index contributed by atoms with van der Waals surface area (Å²) in [4.78, 5) is 20.4. The van der Waals surface area contributed by atoms with Gasteiger partial charge in [0.2, 0.25) is 0 Å². The average molecular weight is 436 g/mol. The minimum absolute atomic E-state index is 0.172. The number of nitrogens with zero attached hydrogens (tertiary/aromatic N) is 2. The number of hydrogen-bond acceptors (Lipinski definition) is 5. The van der Waals surface area contributed by atoms with E-state index in [4.69, 9.17) is 4.74 Å². The average Bonchev–Trinajstić information content (AvgIpc) is 2.71. The van der Waals surface area contributed by atoms with Crippen molar-refractivity contribution in [2.75, 3.05) is 7.11 Å². The van der Waals surface area contributed by atoms with E-state index < -0.39 is 29.7 Å². The fourth-order valence-corrected chi connectivity index (χ4v) is 4.07. The molecule has 0 saturated heterocycles. The van der Waals surface area contributed by atoms with Crippen LogP contribution in [0.25, 0.3) is 0 Å².